The molecule has 1 heterocycles. The Balaban J connectivity index is 2.86. The second-order valence-electron chi connectivity index (χ2n) is 4.22. The van der Waals surface area contributed by atoms with Crippen molar-refractivity contribution >= 4 is 18.4 Å². The molecule has 0 saturated carbocycles. The van der Waals surface area contributed by atoms with E-state index >= 15 is 0 Å². The number of nitrogens with two attached hydrogens (primary N) is 1. The Hall–Kier alpha value is -3.07. The first-order chi connectivity index (χ1) is 9.99. The molecular weight excluding hydrogens is 271 g/mol. The Morgan fingerprint density at radius 2 is 1.86 bits per heavy atom. The largest absolute Gasteiger partial charge is 0.488 e. The van der Waals surface area contributed by atoms with Crippen molar-refractivity contribution in [2.45, 2.75) is 0 Å². The SMILES string of the molecule is N#Cc1c(N)[nH]c(=O)c(C#N)c1-c1cccc(B(O)O)c1. The van der Waals surface area contributed by atoms with Gasteiger partial charge in [-0.1, -0.05) is 24.3 Å². The summed E-state index contributed by atoms with van der Waals surface area (Å²) in [5.74, 6) is -0.147. The van der Waals surface area contributed by atoms with Gasteiger partial charge < -0.3 is 20.8 Å². The highest BCUT2D eigenvalue weighted by Crippen LogP contribution is 2.27. The number of aromatic nitrogens is 1. The van der Waals surface area contributed by atoms with Crippen LogP contribution >= 0.6 is 0 Å². The minimum Gasteiger partial charge on any atom is -0.423 e. The van der Waals surface area contributed by atoms with E-state index in [1.807, 2.05) is 6.07 Å². The van der Waals surface area contributed by atoms with E-state index in [1.165, 1.54) is 18.2 Å². The van der Waals surface area contributed by atoms with Gasteiger partial charge in [0.15, 0.2) is 0 Å². The van der Waals surface area contributed by atoms with Crippen molar-refractivity contribution in [2.24, 2.45) is 0 Å². The number of pyridine rings is 1. The minimum absolute atomic E-state index is 0.0456. The molecule has 2 aromatic rings. The Morgan fingerprint density at radius 1 is 1.19 bits per heavy atom. The third kappa shape index (κ3) is 2.49. The van der Waals surface area contributed by atoms with Gasteiger partial charge in [0.25, 0.3) is 5.56 Å². The molecule has 0 amide bonds. The summed E-state index contributed by atoms with van der Waals surface area (Å²) in [6.45, 7) is 0. The summed E-state index contributed by atoms with van der Waals surface area (Å²) >= 11 is 0. The highest BCUT2D eigenvalue weighted by atomic mass is 16.4. The number of aromatic amines is 1. The summed E-state index contributed by atoms with van der Waals surface area (Å²) in [5, 5.41) is 36.7. The van der Waals surface area contributed by atoms with Gasteiger partial charge in [-0.2, -0.15) is 10.5 Å². The molecule has 8 heteroatoms. The van der Waals surface area contributed by atoms with Crippen LogP contribution in [-0.4, -0.2) is 22.2 Å². The summed E-state index contributed by atoms with van der Waals surface area (Å²) in [7, 11) is -1.71. The van der Waals surface area contributed by atoms with Gasteiger partial charge in [-0.3, -0.25) is 4.79 Å². The molecular formula is C13H9BN4O3. The van der Waals surface area contributed by atoms with Crippen LogP contribution in [0.5, 0.6) is 0 Å². The molecule has 21 heavy (non-hydrogen) atoms. The summed E-state index contributed by atoms with van der Waals surface area (Å²) in [4.78, 5) is 14.0. The van der Waals surface area contributed by atoms with Crippen LogP contribution in [0.1, 0.15) is 11.1 Å². The maximum absolute atomic E-state index is 11.8. The number of nitrogens with one attached hydrogen (secondary N) is 1. The third-order valence-electron chi connectivity index (χ3n) is 2.94. The molecule has 0 aliphatic carbocycles. The van der Waals surface area contributed by atoms with Crippen molar-refractivity contribution in [3.63, 3.8) is 0 Å². The summed E-state index contributed by atoms with van der Waals surface area (Å²) in [6.07, 6.45) is 0. The molecule has 2 rings (SSSR count). The topological polar surface area (TPSA) is 147 Å². The molecule has 1 aromatic heterocycles. The van der Waals surface area contributed by atoms with Crippen LogP contribution in [0.15, 0.2) is 29.1 Å². The van der Waals surface area contributed by atoms with E-state index in [2.05, 4.69) is 4.98 Å². The lowest BCUT2D eigenvalue weighted by atomic mass is 9.78. The number of anilines is 1. The van der Waals surface area contributed by atoms with E-state index < -0.39 is 12.7 Å². The average molecular weight is 280 g/mol. The fourth-order valence-electron chi connectivity index (χ4n) is 1.99. The molecule has 1 aromatic carbocycles. The number of rotatable bonds is 2. The standard InChI is InChI=1S/C13H9BN4O3/c15-5-9-11(10(6-16)13(19)18-12(9)17)7-2-1-3-8(4-7)14(20)21/h1-4,20-21H,(H3,17,18,19). The van der Waals surface area contributed by atoms with E-state index in [-0.39, 0.29) is 28.0 Å². The predicted molar refractivity (Wildman–Crippen MR) is 76.2 cm³/mol. The summed E-state index contributed by atoms with van der Waals surface area (Å²) in [5.41, 5.74) is 5.16. The smallest absolute Gasteiger partial charge is 0.423 e. The van der Waals surface area contributed by atoms with Crippen LogP contribution in [0, 0.1) is 22.7 Å². The van der Waals surface area contributed by atoms with Gasteiger partial charge in [0.2, 0.25) is 0 Å². The second kappa shape index (κ2) is 5.51. The van der Waals surface area contributed by atoms with E-state index in [1.54, 1.807) is 12.1 Å². The summed E-state index contributed by atoms with van der Waals surface area (Å²) < 4.78 is 0. The van der Waals surface area contributed by atoms with E-state index in [0.29, 0.717) is 5.56 Å². The highest BCUT2D eigenvalue weighted by molar-refractivity contribution is 6.58. The number of benzene rings is 1. The van der Waals surface area contributed by atoms with Crippen LogP contribution < -0.4 is 16.8 Å². The summed E-state index contributed by atoms with van der Waals surface area (Å²) in [6, 6.07) is 9.48. The Kier molecular flexibility index (Phi) is 3.76. The Morgan fingerprint density at radius 3 is 2.43 bits per heavy atom. The molecule has 0 fully saturated rings. The number of H-pyrrole nitrogens is 1. The molecule has 0 aliphatic rings. The quantitative estimate of drug-likeness (QED) is 0.521. The highest BCUT2D eigenvalue weighted by Gasteiger charge is 2.19. The molecule has 5 N–H and O–H groups in total. The van der Waals surface area contributed by atoms with Crippen LogP contribution in [-0.2, 0) is 0 Å². The zero-order valence-electron chi connectivity index (χ0n) is 10.7. The molecule has 102 valence electrons. The van der Waals surface area contributed by atoms with Crippen LogP contribution in [0.3, 0.4) is 0 Å². The fraction of sp³-hybridized carbons (Fsp3) is 0. The first-order valence-corrected chi connectivity index (χ1v) is 5.82. The van der Waals surface area contributed by atoms with Gasteiger partial charge in [0.1, 0.15) is 29.1 Å². The zero-order valence-corrected chi connectivity index (χ0v) is 10.7. The van der Waals surface area contributed by atoms with Crippen molar-refractivity contribution in [1.82, 2.24) is 4.98 Å². The zero-order chi connectivity index (χ0) is 15.6. The molecule has 0 spiro atoms. The predicted octanol–water partition coefficient (Wildman–Crippen LogP) is -0.953. The first-order valence-electron chi connectivity index (χ1n) is 5.82. The molecule has 7 nitrogen and oxygen atoms in total. The molecule has 0 saturated heterocycles. The average Bonchev–Trinajstić information content (AvgIpc) is 2.46. The minimum atomic E-state index is -1.71. The van der Waals surface area contributed by atoms with Gasteiger partial charge in [0.05, 0.1) is 0 Å². The lowest BCUT2D eigenvalue weighted by Crippen LogP contribution is -2.29. The molecule has 0 atom stereocenters. The monoisotopic (exact) mass is 280 g/mol. The third-order valence-corrected chi connectivity index (χ3v) is 2.94. The maximum atomic E-state index is 11.8. The van der Waals surface area contributed by atoms with Crippen molar-refractivity contribution in [3.8, 4) is 23.3 Å². The van der Waals surface area contributed by atoms with Crippen molar-refractivity contribution in [3.05, 3.63) is 45.7 Å². The van der Waals surface area contributed by atoms with E-state index in [4.69, 9.17) is 11.0 Å². The Bertz CT molecular complexity index is 846. The number of nitrogens with zero attached hydrogens (tertiary/aromatic N) is 2. The van der Waals surface area contributed by atoms with Gasteiger partial charge in [0, 0.05) is 5.56 Å². The van der Waals surface area contributed by atoms with Crippen molar-refractivity contribution in [1.29, 1.82) is 10.5 Å². The lowest BCUT2D eigenvalue weighted by Gasteiger charge is -2.10. The molecule has 0 bridgehead atoms. The maximum Gasteiger partial charge on any atom is 0.488 e. The number of nitriles is 2. The van der Waals surface area contributed by atoms with Crippen molar-refractivity contribution < 1.29 is 10.0 Å². The molecule has 0 unspecified atom stereocenters. The van der Waals surface area contributed by atoms with E-state index in [0.717, 1.165) is 0 Å². The Labute approximate surface area is 119 Å². The number of nitrogen functional groups attached to an aromatic ring is 1. The number of hydrogen-bond acceptors (Lipinski definition) is 6. The van der Waals surface area contributed by atoms with Gasteiger partial charge in [-0.25, -0.2) is 0 Å². The normalized spacial score (nSPS) is 9.71. The molecule has 0 radical (unpaired) electrons. The van der Waals surface area contributed by atoms with Crippen LogP contribution in [0.2, 0.25) is 0 Å². The first kappa shape index (κ1) is 14.3. The fourth-order valence-corrected chi connectivity index (χ4v) is 1.99. The van der Waals surface area contributed by atoms with Gasteiger partial charge in [-0.15, -0.1) is 0 Å². The van der Waals surface area contributed by atoms with Crippen molar-refractivity contribution in [2.75, 3.05) is 5.73 Å². The van der Waals surface area contributed by atoms with Crippen LogP contribution in [0.25, 0.3) is 11.1 Å². The second-order valence-corrected chi connectivity index (χ2v) is 4.22. The van der Waals surface area contributed by atoms with Gasteiger partial charge >= 0.3 is 7.12 Å². The van der Waals surface area contributed by atoms with Crippen LogP contribution in [0.4, 0.5) is 5.82 Å². The van der Waals surface area contributed by atoms with E-state index in [9.17, 15) is 20.1 Å². The molecule has 0 aliphatic heterocycles. The van der Waals surface area contributed by atoms with Gasteiger partial charge in [-0.05, 0) is 11.0 Å². The number of hydrogen-bond donors (Lipinski definition) is 4. The lowest BCUT2D eigenvalue weighted by molar-refractivity contribution is 0.426.